The van der Waals surface area contributed by atoms with Gasteiger partial charge in [-0.25, -0.2) is 0 Å². The molecule has 0 aliphatic heterocycles. The minimum Gasteiger partial charge on any atom is -0.384 e. The molecule has 0 amide bonds. The molecule has 0 bridgehead atoms. The first-order valence-electron chi connectivity index (χ1n) is 16.2. The second-order valence-electron chi connectivity index (χ2n) is 11.6. The number of rotatable bonds is 8. The number of aliphatic hydroxyl groups excluding tert-OH is 2. The van der Waals surface area contributed by atoms with Crippen LogP contribution in [0.3, 0.4) is 0 Å². The van der Waals surface area contributed by atoms with Gasteiger partial charge in [0.15, 0.2) is 26.5 Å². The Balaban J connectivity index is 0.000000222. The summed E-state index contributed by atoms with van der Waals surface area (Å²) in [4.78, 5) is 0. The Morgan fingerprint density at radius 2 is 0.519 bits per heavy atom. The number of hydrogen-bond donors (Lipinski definition) is 2. The first kappa shape index (κ1) is 45.0. The summed E-state index contributed by atoms with van der Waals surface area (Å²) in [5.41, 5.74) is 0. The third-order valence-electron chi connectivity index (χ3n) is 7.92. The molecule has 0 saturated heterocycles. The fourth-order valence-electron chi connectivity index (χ4n) is 5.20. The fraction of sp³-hybridized carbons (Fsp3) is 0.122. The van der Waals surface area contributed by atoms with E-state index in [1.807, 2.05) is 182 Å². The number of aliphatic hydroxyl groups is 2. The monoisotopic (exact) mass is 927 g/mol. The number of halogens is 6. The van der Waals surface area contributed by atoms with Crippen LogP contribution in [0.15, 0.2) is 182 Å². The van der Waals surface area contributed by atoms with Crippen molar-refractivity contribution in [2.45, 2.75) is 31.0 Å². The number of alkyl halides is 6. The summed E-state index contributed by atoms with van der Waals surface area (Å²) in [6.45, 7) is 0. The molecular weight excluding hydrogens is 891 g/mol. The molecule has 0 aromatic heterocycles. The predicted octanol–water partition coefficient (Wildman–Crippen LogP) is 7.87. The Morgan fingerprint density at radius 3 is 0.648 bits per heavy atom. The molecule has 2 atom stereocenters. The molecule has 6 aromatic carbocycles. The summed E-state index contributed by atoms with van der Waals surface area (Å²) in [7, 11) is -5.55. The van der Waals surface area contributed by atoms with Gasteiger partial charge in [0.25, 0.3) is 0 Å². The van der Waals surface area contributed by atoms with Crippen molar-refractivity contribution in [2.75, 3.05) is 0 Å². The van der Waals surface area contributed by atoms with Gasteiger partial charge in [-0.15, -0.1) is 0 Å². The van der Waals surface area contributed by atoms with Crippen molar-refractivity contribution in [1.82, 2.24) is 0 Å². The molecule has 0 aliphatic rings. The molecule has 54 heavy (non-hydrogen) atoms. The first-order chi connectivity index (χ1) is 25.2. The van der Waals surface area contributed by atoms with Crippen LogP contribution >= 0.6 is 14.3 Å². The smallest absolute Gasteiger partial charge is 0.384 e. The summed E-state index contributed by atoms with van der Waals surface area (Å²) in [5.74, 6) is 0. The zero-order valence-corrected chi connectivity index (χ0v) is 32.3. The third-order valence-corrected chi connectivity index (χ3v) is 14.1. The van der Waals surface area contributed by atoms with Gasteiger partial charge in [0.05, 0.1) is 0 Å². The Kier molecular flexibility index (Phi) is 17.0. The van der Waals surface area contributed by atoms with Crippen molar-refractivity contribution in [3.63, 3.8) is 0 Å². The maximum atomic E-state index is 13.8. The predicted molar refractivity (Wildman–Crippen MR) is 200 cm³/mol. The Morgan fingerprint density at radius 1 is 0.370 bits per heavy atom. The van der Waals surface area contributed by atoms with Gasteiger partial charge < -0.3 is 19.3 Å². The normalized spacial score (nSPS) is 12.7. The van der Waals surface area contributed by atoms with Crippen LogP contribution in [0.1, 0.15) is 6.42 Å². The number of benzene rings is 6. The molecule has 1 radical (unpaired) electrons. The molecule has 2 N–H and O–H groups in total. The topological polar surface area (TPSA) is 74.6 Å². The maximum Gasteiger partial charge on any atom is 0.414 e. The van der Waals surface area contributed by atoms with Gasteiger partial charge in [0, 0.05) is 76.9 Å². The number of hydrogen-bond acceptors (Lipinski definition) is 4. The second kappa shape index (κ2) is 20.5. The molecule has 2 unspecified atom stereocenters. The molecule has 0 heterocycles. The van der Waals surface area contributed by atoms with Gasteiger partial charge in [0.2, 0.25) is 0 Å². The van der Waals surface area contributed by atoms with Crippen LogP contribution in [0, 0.1) is 38.6 Å². The summed E-state index contributed by atoms with van der Waals surface area (Å²) in [6.07, 6.45) is -18.4. The van der Waals surface area contributed by atoms with Gasteiger partial charge >= 0.3 is 12.4 Å². The van der Waals surface area contributed by atoms with Crippen LogP contribution in [0.25, 0.3) is 0 Å². The SMILES string of the molecule is O=P(c1ccccc1)(c1ccccc1)c1ccccc1.O=P(c1ccccc1)(c1ccccc1)c1ccccc1.OC(CC(O)C(F)(F)F)C(F)(F)F.[Tb]. The zero-order chi connectivity index (χ0) is 38.5. The summed E-state index contributed by atoms with van der Waals surface area (Å²) in [6, 6.07) is 58.3. The van der Waals surface area contributed by atoms with Crippen LogP contribution in [0.2, 0.25) is 0 Å². The van der Waals surface area contributed by atoms with E-state index in [1.54, 1.807) is 0 Å². The van der Waals surface area contributed by atoms with Gasteiger partial charge in [-0.05, 0) is 0 Å². The Bertz CT molecular complexity index is 1700. The van der Waals surface area contributed by atoms with Crippen LogP contribution in [-0.4, -0.2) is 34.8 Å². The Hall–Kier alpha value is -3.43. The molecule has 0 fully saturated rings. The molecule has 13 heteroatoms. The molecule has 6 rings (SSSR count). The fourth-order valence-corrected chi connectivity index (χ4v) is 10.5. The molecule has 0 saturated carbocycles. The van der Waals surface area contributed by atoms with Gasteiger partial charge in [-0.2, -0.15) is 26.3 Å². The van der Waals surface area contributed by atoms with Crippen LogP contribution in [0.5, 0.6) is 0 Å². The van der Waals surface area contributed by atoms with E-state index < -0.39 is 45.3 Å². The van der Waals surface area contributed by atoms with Crippen LogP contribution in [-0.2, 0) is 9.13 Å². The van der Waals surface area contributed by atoms with E-state index in [4.69, 9.17) is 10.2 Å². The minimum absolute atomic E-state index is 0. The standard InChI is InChI=1S/2C18H15OP.C5H6F6O2.Tb/c2*19-20(16-10-4-1-5-11-16,17-12-6-2-7-13-17)18-14-8-3-9-15-18;6-4(7,8)2(12)1-3(13)5(9,10)11;/h2*1-15H;2-3,12-13H,1H2;. The van der Waals surface area contributed by atoms with E-state index >= 15 is 0 Å². The van der Waals surface area contributed by atoms with E-state index in [9.17, 15) is 35.5 Å². The van der Waals surface area contributed by atoms with Crippen molar-refractivity contribution < 1.29 is 84.3 Å². The molecule has 0 aliphatic carbocycles. The average Bonchev–Trinajstić information content (AvgIpc) is 3.19. The third kappa shape index (κ3) is 11.8. The minimum atomic E-state index is -5.15. The van der Waals surface area contributed by atoms with Gasteiger partial charge in [0.1, 0.15) is 0 Å². The quantitative estimate of drug-likeness (QED) is 0.121. The van der Waals surface area contributed by atoms with Crippen LogP contribution < -0.4 is 31.8 Å². The molecule has 6 aromatic rings. The van der Waals surface area contributed by atoms with E-state index in [-0.39, 0.29) is 38.6 Å². The van der Waals surface area contributed by atoms with E-state index in [0.717, 1.165) is 31.8 Å². The average molecular weight is 928 g/mol. The largest absolute Gasteiger partial charge is 0.414 e. The first-order valence-corrected chi connectivity index (χ1v) is 19.6. The molecular formula is C41H36F6O4P2Tb. The van der Waals surface area contributed by atoms with Gasteiger partial charge in [-0.1, -0.05) is 182 Å². The zero-order valence-electron chi connectivity index (χ0n) is 28.4. The molecule has 285 valence electrons. The van der Waals surface area contributed by atoms with Gasteiger partial charge in [-0.3, -0.25) is 0 Å². The van der Waals surface area contributed by atoms with E-state index in [1.165, 1.54) is 0 Å². The Labute approximate surface area is 341 Å². The molecule has 0 spiro atoms. The van der Waals surface area contributed by atoms with Crippen molar-refractivity contribution >= 4 is 46.1 Å². The second-order valence-corrected chi connectivity index (χ2v) is 17.1. The summed E-state index contributed by atoms with van der Waals surface area (Å²) in [5, 5.41) is 21.5. The van der Waals surface area contributed by atoms with E-state index in [0.29, 0.717) is 0 Å². The molecule has 4 nitrogen and oxygen atoms in total. The van der Waals surface area contributed by atoms with Crippen molar-refractivity contribution in [1.29, 1.82) is 0 Å². The van der Waals surface area contributed by atoms with E-state index in [2.05, 4.69) is 0 Å². The van der Waals surface area contributed by atoms with Crippen molar-refractivity contribution in [3.8, 4) is 0 Å². The van der Waals surface area contributed by atoms with Crippen LogP contribution in [0.4, 0.5) is 26.3 Å². The summed E-state index contributed by atoms with van der Waals surface area (Å²) < 4.78 is 96.5. The summed E-state index contributed by atoms with van der Waals surface area (Å²) >= 11 is 0. The van der Waals surface area contributed by atoms with Crippen molar-refractivity contribution in [3.05, 3.63) is 182 Å². The van der Waals surface area contributed by atoms with Crippen molar-refractivity contribution in [2.24, 2.45) is 0 Å². The maximum absolute atomic E-state index is 13.8.